The second kappa shape index (κ2) is 35.0. The standard InChI is InChI=1S/C40H74N2O5S/c1-6-8-10-12-14-22-28-34-46-38(43)30-24-18-16-20-26-32-42(40(45)48-36-37(3)41(4)5)33-27-21-17-19-25-31-39(44)47-35-29-23-15-13-11-9-7-2/h22-23,28-29,37H,6-21,24-27,30-36H2,1-5H3/b28-22-,29-23-/t37-/m0/s1. The number of hydrogen-bond acceptors (Lipinski definition) is 7. The van der Waals surface area contributed by atoms with Gasteiger partial charge in [-0.3, -0.25) is 14.4 Å². The molecule has 0 fully saturated rings. The van der Waals surface area contributed by atoms with Gasteiger partial charge in [-0.05, 0) is 72.4 Å². The van der Waals surface area contributed by atoms with Crippen molar-refractivity contribution in [3.05, 3.63) is 24.3 Å². The number of ether oxygens (including phenoxy) is 2. The average Bonchev–Trinajstić information content (AvgIpc) is 3.07. The number of amides is 1. The lowest BCUT2D eigenvalue weighted by Gasteiger charge is -2.24. The van der Waals surface area contributed by atoms with E-state index in [4.69, 9.17) is 9.47 Å². The Balaban J connectivity index is 4.16. The summed E-state index contributed by atoms with van der Waals surface area (Å²) in [5.74, 6) is 0.572. The Labute approximate surface area is 300 Å². The summed E-state index contributed by atoms with van der Waals surface area (Å²) in [6.07, 6.45) is 31.2. The lowest BCUT2D eigenvalue weighted by atomic mass is 10.1. The molecule has 0 bridgehead atoms. The third-order valence-corrected chi connectivity index (χ3v) is 9.82. The second-order valence-electron chi connectivity index (χ2n) is 13.4. The molecule has 0 unspecified atom stereocenters. The van der Waals surface area contributed by atoms with E-state index in [1.165, 1.54) is 63.1 Å². The van der Waals surface area contributed by atoms with Gasteiger partial charge in [-0.15, -0.1) is 0 Å². The zero-order valence-corrected chi connectivity index (χ0v) is 32.6. The third kappa shape index (κ3) is 31.5. The summed E-state index contributed by atoms with van der Waals surface area (Å²) in [6.45, 7) is 8.92. The number of carbonyl (C=O) groups excluding carboxylic acids is 3. The van der Waals surface area contributed by atoms with Crippen LogP contribution in [0.1, 0.15) is 162 Å². The van der Waals surface area contributed by atoms with E-state index in [-0.39, 0.29) is 17.2 Å². The molecule has 1 amide bonds. The molecule has 1 atom stereocenters. The van der Waals surface area contributed by atoms with Crippen LogP contribution in [0.5, 0.6) is 0 Å². The summed E-state index contributed by atoms with van der Waals surface area (Å²) in [7, 11) is 4.10. The maximum Gasteiger partial charge on any atom is 0.306 e. The topological polar surface area (TPSA) is 76.1 Å². The Hall–Kier alpha value is -1.80. The van der Waals surface area contributed by atoms with Gasteiger partial charge in [-0.1, -0.05) is 127 Å². The highest BCUT2D eigenvalue weighted by Crippen LogP contribution is 2.16. The van der Waals surface area contributed by atoms with Crippen molar-refractivity contribution >= 4 is 28.9 Å². The number of allylic oxidation sites excluding steroid dienone is 2. The molecule has 8 heteroatoms. The molecule has 0 heterocycles. The number of hydrogen-bond donors (Lipinski definition) is 0. The third-order valence-electron chi connectivity index (χ3n) is 8.67. The summed E-state index contributed by atoms with van der Waals surface area (Å²) < 4.78 is 10.6. The van der Waals surface area contributed by atoms with Crippen molar-refractivity contribution in [1.82, 2.24) is 9.80 Å². The van der Waals surface area contributed by atoms with E-state index in [9.17, 15) is 14.4 Å². The molecular formula is C40H74N2O5S. The van der Waals surface area contributed by atoms with Gasteiger partial charge in [0, 0.05) is 37.7 Å². The molecule has 0 aromatic carbocycles. The maximum atomic E-state index is 13.1. The van der Waals surface area contributed by atoms with Crippen LogP contribution < -0.4 is 0 Å². The monoisotopic (exact) mass is 695 g/mol. The van der Waals surface area contributed by atoms with E-state index in [1.54, 1.807) is 0 Å². The van der Waals surface area contributed by atoms with Gasteiger partial charge in [0.05, 0.1) is 0 Å². The van der Waals surface area contributed by atoms with Gasteiger partial charge >= 0.3 is 11.9 Å². The number of rotatable bonds is 33. The van der Waals surface area contributed by atoms with Crippen LogP contribution in [0.2, 0.25) is 0 Å². The molecule has 0 radical (unpaired) electrons. The zero-order valence-electron chi connectivity index (χ0n) is 31.8. The van der Waals surface area contributed by atoms with Crippen LogP contribution in [0.25, 0.3) is 0 Å². The first-order valence-corrected chi connectivity index (χ1v) is 20.5. The van der Waals surface area contributed by atoms with Crippen LogP contribution in [-0.4, -0.2) is 79.2 Å². The number of unbranched alkanes of at least 4 members (excludes halogenated alkanes) is 16. The summed E-state index contributed by atoms with van der Waals surface area (Å²) >= 11 is 1.43. The first-order valence-electron chi connectivity index (χ1n) is 19.5. The number of carbonyl (C=O) groups is 3. The van der Waals surface area contributed by atoms with Gasteiger partial charge in [0.15, 0.2) is 0 Å². The quantitative estimate of drug-likeness (QED) is 0.0384. The van der Waals surface area contributed by atoms with E-state index in [2.05, 4.69) is 37.8 Å². The average molecular weight is 695 g/mol. The molecule has 48 heavy (non-hydrogen) atoms. The van der Waals surface area contributed by atoms with Crippen molar-refractivity contribution in [3.63, 3.8) is 0 Å². The van der Waals surface area contributed by atoms with E-state index in [1.807, 2.05) is 31.1 Å². The molecule has 0 aliphatic rings. The minimum atomic E-state index is -0.109. The largest absolute Gasteiger partial charge is 0.461 e. The van der Waals surface area contributed by atoms with Crippen molar-refractivity contribution in [2.45, 2.75) is 168 Å². The molecule has 0 aliphatic carbocycles. The fraction of sp³-hybridized carbons (Fsp3) is 0.825. The Bertz CT molecular complexity index is 780. The van der Waals surface area contributed by atoms with E-state index >= 15 is 0 Å². The fourth-order valence-electron chi connectivity index (χ4n) is 5.11. The predicted octanol–water partition coefficient (Wildman–Crippen LogP) is 10.9. The normalized spacial score (nSPS) is 12.3. The smallest absolute Gasteiger partial charge is 0.306 e. The summed E-state index contributed by atoms with van der Waals surface area (Å²) in [5, 5.41) is 0.180. The second-order valence-corrected chi connectivity index (χ2v) is 14.4. The zero-order chi connectivity index (χ0) is 35.5. The molecule has 0 rings (SSSR count). The minimum Gasteiger partial charge on any atom is -0.461 e. The summed E-state index contributed by atoms with van der Waals surface area (Å²) in [6, 6.07) is 0.345. The van der Waals surface area contributed by atoms with Crippen molar-refractivity contribution < 1.29 is 23.9 Å². The molecule has 0 N–H and O–H groups in total. The maximum absolute atomic E-state index is 13.1. The lowest BCUT2D eigenvalue weighted by molar-refractivity contribution is -0.143. The van der Waals surface area contributed by atoms with Gasteiger partial charge in [0.1, 0.15) is 13.2 Å². The van der Waals surface area contributed by atoms with Gasteiger partial charge < -0.3 is 19.3 Å². The molecule has 0 aromatic heterocycles. The van der Waals surface area contributed by atoms with Crippen LogP contribution in [-0.2, 0) is 19.1 Å². The van der Waals surface area contributed by atoms with Crippen molar-refractivity contribution in [1.29, 1.82) is 0 Å². The Morgan fingerprint density at radius 3 is 1.44 bits per heavy atom. The van der Waals surface area contributed by atoms with Gasteiger partial charge in [-0.2, -0.15) is 0 Å². The van der Waals surface area contributed by atoms with Crippen molar-refractivity contribution in [3.8, 4) is 0 Å². The highest BCUT2D eigenvalue weighted by Gasteiger charge is 2.16. The highest BCUT2D eigenvalue weighted by molar-refractivity contribution is 8.13. The fourth-order valence-corrected chi connectivity index (χ4v) is 6.15. The van der Waals surface area contributed by atoms with Crippen LogP contribution in [0, 0.1) is 0 Å². The highest BCUT2D eigenvalue weighted by atomic mass is 32.2. The van der Waals surface area contributed by atoms with E-state index in [0.717, 1.165) is 95.9 Å². The SMILES string of the molecule is CCCCCC/C=C\COC(=O)CCCCCCCN(CCCCCCCC(=O)OC/C=C\CCCCCC)C(=O)SC[C@H](C)N(C)C. The number of nitrogens with zero attached hydrogens (tertiary/aromatic N) is 2. The molecular weight excluding hydrogens is 621 g/mol. The molecule has 0 aromatic rings. The van der Waals surface area contributed by atoms with E-state index < -0.39 is 0 Å². The van der Waals surface area contributed by atoms with Crippen molar-refractivity contribution in [2.75, 3.05) is 46.2 Å². The minimum absolute atomic E-state index is 0.109. The van der Waals surface area contributed by atoms with Crippen LogP contribution in [0.15, 0.2) is 24.3 Å². The van der Waals surface area contributed by atoms with E-state index in [0.29, 0.717) is 32.1 Å². The molecule has 0 saturated heterocycles. The number of esters is 2. The first kappa shape index (κ1) is 46.2. The summed E-state index contributed by atoms with van der Waals surface area (Å²) in [4.78, 5) is 41.3. The molecule has 7 nitrogen and oxygen atoms in total. The number of thioether (sulfide) groups is 1. The Morgan fingerprint density at radius 2 is 1.00 bits per heavy atom. The molecule has 280 valence electrons. The molecule has 0 spiro atoms. The van der Waals surface area contributed by atoms with Crippen LogP contribution in [0.3, 0.4) is 0 Å². The van der Waals surface area contributed by atoms with Crippen LogP contribution >= 0.6 is 11.8 Å². The molecule has 0 saturated carbocycles. The van der Waals surface area contributed by atoms with Gasteiger partial charge in [0.2, 0.25) is 0 Å². The van der Waals surface area contributed by atoms with Crippen molar-refractivity contribution in [2.24, 2.45) is 0 Å². The van der Waals surface area contributed by atoms with Gasteiger partial charge in [0.25, 0.3) is 5.24 Å². The lowest BCUT2D eigenvalue weighted by Crippen LogP contribution is -2.32. The predicted molar refractivity (Wildman–Crippen MR) is 206 cm³/mol. The van der Waals surface area contributed by atoms with Crippen LogP contribution in [0.4, 0.5) is 4.79 Å². The van der Waals surface area contributed by atoms with Gasteiger partial charge in [-0.25, -0.2) is 0 Å². The Morgan fingerprint density at radius 1 is 0.583 bits per heavy atom. The Kier molecular flexibility index (Phi) is 33.7. The molecule has 0 aliphatic heterocycles. The summed E-state index contributed by atoms with van der Waals surface area (Å²) in [5.41, 5.74) is 0. The first-order chi connectivity index (χ1) is 23.3.